The monoisotopic (exact) mass is 471 g/mol. The van der Waals surface area contributed by atoms with Crippen molar-refractivity contribution < 1.29 is 35.9 Å². The van der Waals surface area contributed by atoms with Crippen LogP contribution in [0.15, 0.2) is 42.5 Å². The number of carbonyl (C=O) groups is 1. The number of hydrogen-bond acceptors (Lipinski definition) is 3. The molecule has 2 aromatic rings. The third-order valence-electron chi connectivity index (χ3n) is 5.18. The second-order valence-electron chi connectivity index (χ2n) is 7.59. The zero-order valence-electron chi connectivity index (χ0n) is 17.1. The first kappa shape index (κ1) is 24.2. The predicted molar refractivity (Wildman–Crippen MR) is 106 cm³/mol. The average Bonchev–Trinajstić information content (AvgIpc) is 2.74. The van der Waals surface area contributed by atoms with Gasteiger partial charge in [0.25, 0.3) is 0 Å². The Labute approximate surface area is 185 Å². The van der Waals surface area contributed by atoms with E-state index in [1.807, 2.05) is 0 Å². The van der Waals surface area contributed by atoms with Crippen molar-refractivity contribution >= 4 is 11.7 Å². The summed E-state index contributed by atoms with van der Waals surface area (Å²) in [6.45, 7) is 0. The summed E-state index contributed by atoms with van der Waals surface area (Å²) < 4.78 is 82.5. The minimum atomic E-state index is -4.57. The fourth-order valence-corrected chi connectivity index (χ4v) is 3.53. The Kier molecular flexibility index (Phi) is 7.05. The number of alkyl halides is 6. The van der Waals surface area contributed by atoms with Crippen LogP contribution in [-0.2, 0) is 12.4 Å². The van der Waals surface area contributed by atoms with Crippen LogP contribution in [0.25, 0.3) is 0 Å². The van der Waals surface area contributed by atoms with Gasteiger partial charge in [-0.3, -0.25) is 0 Å². The predicted octanol–water partition coefficient (Wildman–Crippen LogP) is 6.11. The molecule has 0 heterocycles. The van der Waals surface area contributed by atoms with E-state index < -0.39 is 29.5 Å². The Hall–Kier alpha value is -3.42. The second-order valence-corrected chi connectivity index (χ2v) is 7.59. The van der Waals surface area contributed by atoms with Crippen LogP contribution in [0, 0.1) is 11.3 Å². The van der Waals surface area contributed by atoms with Crippen LogP contribution in [0.2, 0.25) is 0 Å². The Morgan fingerprint density at radius 2 is 1.58 bits per heavy atom. The minimum absolute atomic E-state index is 0.00526. The summed E-state index contributed by atoms with van der Waals surface area (Å²) in [4.78, 5) is 12.1. The summed E-state index contributed by atoms with van der Waals surface area (Å²) in [5.74, 6) is 0.0594. The van der Waals surface area contributed by atoms with E-state index in [-0.39, 0.29) is 29.1 Å². The number of rotatable bonds is 4. The Morgan fingerprint density at radius 1 is 0.939 bits per heavy atom. The van der Waals surface area contributed by atoms with Crippen molar-refractivity contribution in [3.8, 4) is 11.8 Å². The number of hydrogen-bond donors (Lipinski definition) is 2. The summed E-state index contributed by atoms with van der Waals surface area (Å²) in [5.41, 5.74) is -2.03. The normalized spacial score (nSPS) is 18.8. The van der Waals surface area contributed by atoms with E-state index in [0.29, 0.717) is 25.7 Å². The summed E-state index contributed by atoms with van der Waals surface area (Å²) in [6.07, 6.45) is -7.51. The molecule has 176 valence electrons. The van der Waals surface area contributed by atoms with Gasteiger partial charge in [0.05, 0.1) is 22.8 Å². The molecule has 1 fully saturated rings. The molecular formula is C22H19F6N3O2. The van der Waals surface area contributed by atoms with E-state index in [2.05, 4.69) is 10.6 Å². The number of nitrogens with zero attached hydrogens (tertiary/aromatic N) is 1. The number of amides is 2. The molecule has 0 aliphatic heterocycles. The number of carbonyl (C=O) groups excluding carboxylic acids is 1. The van der Waals surface area contributed by atoms with Gasteiger partial charge in [0.1, 0.15) is 11.8 Å². The Bertz CT molecular complexity index is 1040. The summed E-state index contributed by atoms with van der Waals surface area (Å²) >= 11 is 0. The van der Waals surface area contributed by atoms with Crippen molar-refractivity contribution in [2.75, 3.05) is 5.32 Å². The number of benzene rings is 2. The lowest BCUT2D eigenvalue weighted by molar-refractivity contribution is -0.138. The SMILES string of the molecule is N#Cc1cc(C(F)(F)F)ccc1OC1CCC(NC(=O)Nc2cccc(C(F)(F)F)c2)CC1. The summed E-state index contributed by atoms with van der Waals surface area (Å²) in [7, 11) is 0. The van der Waals surface area contributed by atoms with Crippen LogP contribution in [0.3, 0.4) is 0 Å². The molecule has 11 heteroatoms. The van der Waals surface area contributed by atoms with Gasteiger partial charge in [-0.25, -0.2) is 4.79 Å². The number of anilines is 1. The van der Waals surface area contributed by atoms with E-state index in [9.17, 15) is 31.1 Å². The van der Waals surface area contributed by atoms with Crippen molar-refractivity contribution in [1.82, 2.24) is 5.32 Å². The third kappa shape index (κ3) is 6.54. The van der Waals surface area contributed by atoms with Gasteiger partial charge in [0, 0.05) is 11.7 Å². The lowest BCUT2D eigenvalue weighted by Gasteiger charge is -2.30. The maximum Gasteiger partial charge on any atom is 0.416 e. The maximum absolute atomic E-state index is 12.8. The van der Waals surface area contributed by atoms with E-state index in [1.165, 1.54) is 12.1 Å². The van der Waals surface area contributed by atoms with Gasteiger partial charge < -0.3 is 15.4 Å². The first-order chi connectivity index (χ1) is 15.5. The van der Waals surface area contributed by atoms with Crippen molar-refractivity contribution in [3.63, 3.8) is 0 Å². The van der Waals surface area contributed by atoms with E-state index in [1.54, 1.807) is 6.07 Å². The molecular weight excluding hydrogens is 452 g/mol. The van der Waals surface area contributed by atoms with Gasteiger partial charge in [-0.1, -0.05) is 6.07 Å². The van der Waals surface area contributed by atoms with Crippen molar-refractivity contribution in [2.24, 2.45) is 0 Å². The summed E-state index contributed by atoms with van der Waals surface area (Å²) in [5, 5.41) is 14.2. The van der Waals surface area contributed by atoms with E-state index >= 15 is 0 Å². The van der Waals surface area contributed by atoms with Crippen LogP contribution in [0.1, 0.15) is 42.4 Å². The second kappa shape index (κ2) is 9.60. The highest BCUT2D eigenvalue weighted by Crippen LogP contribution is 2.34. The highest BCUT2D eigenvalue weighted by molar-refractivity contribution is 5.89. The molecule has 5 nitrogen and oxygen atoms in total. The van der Waals surface area contributed by atoms with Gasteiger partial charge >= 0.3 is 18.4 Å². The Balaban J connectivity index is 1.51. The smallest absolute Gasteiger partial charge is 0.416 e. The van der Waals surface area contributed by atoms with Gasteiger partial charge in [0.15, 0.2) is 0 Å². The standard InChI is InChI=1S/C22H19F6N3O2/c23-21(24,25)14-2-1-3-17(11-14)31-20(32)30-16-5-7-18(8-6-16)33-19-9-4-15(22(26,27)28)10-13(19)12-29/h1-4,9-11,16,18H,5-8H2,(H2,30,31,32). The van der Waals surface area contributed by atoms with Gasteiger partial charge in [-0.2, -0.15) is 31.6 Å². The summed E-state index contributed by atoms with van der Waals surface area (Å²) in [6, 6.07) is 7.79. The van der Waals surface area contributed by atoms with Crippen LogP contribution in [0.4, 0.5) is 36.8 Å². The number of nitrogens with one attached hydrogen (secondary N) is 2. The minimum Gasteiger partial charge on any atom is -0.489 e. The molecule has 33 heavy (non-hydrogen) atoms. The number of ether oxygens (including phenoxy) is 1. The fraction of sp³-hybridized carbons (Fsp3) is 0.364. The molecule has 0 unspecified atom stereocenters. The molecule has 3 rings (SSSR count). The molecule has 2 aromatic carbocycles. The quantitative estimate of drug-likeness (QED) is 0.529. The molecule has 0 atom stereocenters. The van der Waals surface area contributed by atoms with Gasteiger partial charge in [0.2, 0.25) is 0 Å². The third-order valence-corrected chi connectivity index (χ3v) is 5.18. The lowest BCUT2D eigenvalue weighted by Crippen LogP contribution is -2.41. The van der Waals surface area contributed by atoms with Crippen LogP contribution in [-0.4, -0.2) is 18.2 Å². The zero-order valence-corrected chi connectivity index (χ0v) is 17.1. The largest absolute Gasteiger partial charge is 0.489 e. The fourth-order valence-electron chi connectivity index (χ4n) is 3.53. The van der Waals surface area contributed by atoms with E-state index in [0.717, 1.165) is 30.3 Å². The topological polar surface area (TPSA) is 74.1 Å². The first-order valence-corrected chi connectivity index (χ1v) is 9.98. The van der Waals surface area contributed by atoms with Crippen LogP contribution < -0.4 is 15.4 Å². The van der Waals surface area contributed by atoms with E-state index in [4.69, 9.17) is 10.00 Å². The molecule has 1 aliphatic rings. The molecule has 1 saturated carbocycles. The number of nitriles is 1. The van der Waals surface area contributed by atoms with Crippen LogP contribution >= 0.6 is 0 Å². The zero-order chi connectivity index (χ0) is 24.2. The van der Waals surface area contributed by atoms with Gasteiger partial charge in [-0.05, 0) is 62.1 Å². The first-order valence-electron chi connectivity index (χ1n) is 9.98. The molecule has 0 aromatic heterocycles. The van der Waals surface area contributed by atoms with Crippen molar-refractivity contribution in [3.05, 3.63) is 59.2 Å². The molecule has 1 aliphatic carbocycles. The van der Waals surface area contributed by atoms with Crippen molar-refractivity contribution in [2.45, 2.75) is 50.2 Å². The highest BCUT2D eigenvalue weighted by atomic mass is 19.4. The average molecular weight is 471 g/mol. The Morgan fingerprint density at radius 3 is 2.18 bits per heavy atom. The molecule has 0 spiro atoms. The molecule has 0 bridgehead atoms. The molecule has 2 amide bonds. The highest BCUT2D eigenvalue weighted by Gasteiger charge is 2.32. The molecule has 0 saturated heterocycles. The van der Waals surface area contributed by atoms with Crippen LogP contribution in [0.5, 0.6) is 5.75 Å². The number of halogens is 6. The van der Waals surface area contributed by atoms with Crippen molar-refractivity contribution in [1.29, 1.82) is 5.26 Å². The maximum atomic E-state index is 12.8. The lowest BCUT2D eigenvalue weighted by atomic mass is 9.93. The molecule has 2 N–H and O–H groups in total. The number of urea groups is 1. The molecule has 0 radical (unpaired) electrons. The van der Waals surface area contributed by atoms with Gasteiger partial charge in [-0.15, -0.1) is 0 Å².